The van der Waals surface area contributed by atoms with Crippen molar-refractivity contribution in [1.29, 1.82) is 0 Å². The Morgan fingerprint density at radius 3 is 3.00 bits per heavy atom. The quantitative estimate of drug-likeness (QED) is 0.646. The highest BCUT2D eigenvalue weighted by molar-refractivity contribution is 7.12. The van der Waals surface area contributed by atoms with Gasteiger partial charge in [-0.3, -0.25) is 4.79 Å². The monoisotopic (exact) mass is 344 g/mol. The number of amides is 1. The van der Waals surface area contributed by atoms with E-state index >= 15 is 0 Å². The first-order valence-corrected chi connectivity index (χ1v) is 8.84. The second kappa shape index (κ2) is 7.49. The number of methoxy groups -OCH3 is 1. The molecule has 0 saturated carbocycles. The number of thiophene rings is 1. The van der Waals surface area contributed by atoms with Gasteiger partial charge in [-0.15, -0.1) is 11.3 Å². The van der Waals surface area contributed by atoms with Crippen LogP contribution in [-0.4, -0.2) is 30.5 Å². The molecule has 0 aliphatic heterocycles. The summed E-state index contributed by atoms with van der Waals surface area (Å²) < 4.78 is 5.33. The van der Waals surface area contributed by atoms with E-state index in [2.05, 4.69) is 10.5 Å². The third kappa shape index (κ3) is 3.28. The van der Waals surface area contributed by atoms with Crippen molar-refractivity contribution in [1.82, 2.24) is 5.32 Å². The van der Waals surface area contributed by atoms with Crippen LogP contribution in [0.1, 0.15) is 39.2 Å². The molecule has 24 heavy (non-hydrogen) atoms. The number of nitrogens with zero attached hydrogens (tertiary/aromatic N) is 1. The summed E-state index contributed by atoms with van der Waals surface area (Å²) in [5.74, 6) is 0.769. The Labute approximate surface area is 145 Å². The Balaban J connectivity index is 1.65. The van der Waals surface area contributed by atoms with E-state index < -0.39 is 0 Å². The van der Waals surface area contributed by atoms with Gasteiger partial charge in [0, 0.05) is 11.9 Å². The van der Waals surface area contributed by atoms with Gasteiger partial charge >= 0.3 is 0 Å². The number of hydrogen-bond acceptors (Lipinski definition) is 5. The molecule has 1 aliphatic rings. The molecule has 0 spiro atoms. The summed E-state index contributed by atoms with van der Waals surface area (Å²) in [6, 6.07) is 7.81. The molecule has 2 aromatic rings. The average Bonchev–Trinajstić information content (AvgIpc) is 3.06. The maximum Gasteiger partial charge on any atom is 0.252 e. The van der Waals surface area contributed by atoms with E-state index in [1.165, 1.54) is 11.3 Å². The van der Waals surface area contributed by atoms with Gasteiger partial charge in [0.25, 0.3) is 5.91 Å². The zero-order valence-electron chi connectivity index (χ0n) is 13.5. The van der Waals surface area contributed by atoms with Gasteiger partial charge in [-0.2, -0.15) is 0 Å². The van der Waals surface area contributed by atoms with Crippen molar-refractivity contribution in [2.24, 2.45) is 5.16 Å². The number of para-hydroxylation sites is 1. The number of rotatable bonds is 5. The van der Waals surface area contributed by atoms with Gasteiger partial charge in [-0.05, 0) is 42.9 Å². The molecule has 1 heterocycles. The van der Waals surface area contributed by atoms with Crippen LogP contribution in [0.2, 0.25) is 0 Å². The highest BCUT2D eigenvalue weighted by Crippen LogP contribution is 2.30. The summed E-state index contributed by atoms with van der Waals surface area (Å²) in [4.78, 5) is 13.4. The molecule has 5 nitrogen and oxygen atoms in total. The lowest BCUT2D eigenvalue weighted by Crippen LogP contribution is -2.27. The van der Waals surface area contributed by atoms with Crippen LogP contribution in [0.5, 0.6) is 5.75 Å². The molecule has 0 atom stereocenters. The van der Waals surface area contributed by atoms with Crippen LogP contribution in [-0.2, 0) is 12.8 Å². The van der Waals surface area contributed by atoms with Crippen LogP contribution < -0.4 is 10.1 Å². The van der Waals surface area contributed by atoms with E-state index in [0.717, 1.165) is 41.0 Å². The van der Waals surface area contributed by atoms with Crippen LogP contribution in [0, 0.1) is 0 Å². The van der Waals surface area contributed by atoms with E-state index in [9.17, 15) is 4.79 Å². The fraction of sp³-hybridized carbons (Fsp3) is 0.333. The maximum atomic E-state index is 12.5. The Morgan fingerprint density at radius 2 is 2.21 bits per heavy atom. The van der Waals surface area contributed by atoms with Crippen LogP contribution in [0.4, 0.5) is 0 Å². The minimum atomic E-state index is -0.0680. The molecular weight excluding hydrogens is 324 g/mol. The molecule has 0 bridgehead atoms. The number of benzene rings is 1. The molecule has 0 fully saturated rings. The zero-order chi connectivity index (χ0) is 16.9. The highest BCUT2D eigenvalue weighted by Gasteiger charge is 2.24. The first kappa shape index (κ1) is 16.5. The van der Waals surface area contributed by atoms with Crippen LogP contribution >= 0.6 is 11.3 Å². The Kier molecular flexibility index (Phi) is 5.15. The minimum absolute atomic E-state index is 0.0680. The predicted molar refractivity (Wildman–Crippen MR) is 94.6 cm³/mol. The molecule has 1 amide bonds. The summed E-state index contributed by atoms with van der Waals surface area (Å²) >= 11 is 1.48. The number of hydrogen-bond donors (Lipinski definition) is 2. The molecular formula is C18H20N2O3S. The van der Waals surface area contributed by atoms with Crippen LogP contribution in [0.25, 0.3) is 0 Å². The standard InChI is InChI=1S/C18H20N2O3S/c1-23-16-8-3-2-5-12(16)9-10-19-18(21)14-11-24-17-13(14)6-4-7-15(17)20-22/h2-3,5,8,11,22H,4,6-7,9-10H2,1H3,(H,19,21)/b20-15-. The minimum Gasteiger partial charge on any atom is -0.496 e. The number of nitrogens with one attached hydrogen (secondary N) is 1. The Bertz CT molecular complexity index is 767. The third-order valence-corrected chi connectivity index (χ3v) is 5.31. The van der Waals surface area contributed by atoms with E-state index in [1.807, 2.05) is 29.6 Å². The second-order valence-corrected chi connectivity index (χ2v) is 6.55. The summed E-state index contributed by atoms with van der Waals surface area (Å²) in [5.41, 5.74) is 3.47. The van der Waals surface area contributed by atoms with Crippen molar-refractivity contribution in [3.63, 3.8) is 0 Å². The fourth-order valence-electron chi connectivity index (χ4n) is 3.02. The predicted octanol–water partition coefficient (Wildman–Crippen LogP) is 3.24. The summed E-state index contributed by atoms with van der Waals surface area (Å²) in [7, 11) is 1.65. The zero-order valence-corrected chi connectivity index (χ0v) is 14.4. The van der Waals surface area contributed by atoms with E-state index in [0.29, 0.717) is 24.2 Å². The molecule has 0 saturated heterocycles. The van der Waals surface area contributed by atoms with E-state index in [1.54, 1.807) is 7.11 Å². The lowest BCUT2D eigenvalue weighted by Gasteiger charge is -2.14. The van der Waals surface area contributed by atoms with Gasteiger partial charge in [0.15, 0.2) is 0 Å². The van der Waals surface area contributed by atoms with Gasteiger partial charge < -0.3 is 15.3 Å². The smallest absolute Gasteiger partial charge is 0.252 e. The van der Waals surface area contributed by atoms with Crippen LogP contribution in [0.3, 0.4) is 0 Å². The lowest BCUT2D eigenvalue weighted by atomic mass is 9.94. The molecule has 126 valence electrons. The van der Waals surface area contributed by atoms with Crippen molar-refractivity contribution >= 4 is 23.0 Å². The van der Waals surface area contributed by atoms with Crippen molar-refractivity contribution in [3.8, 4) is 5.75 Å². The third-order valence-electron chi connectivity index (χ3n) is 4.23. The van der Waals surface area contributed by atoms with E-state index in [-0.39, 0.29) is 5.91 Å². The molecule has 6 heteroatoms. The summed E-state index contributed by atoms with van der Waals surface area (Å²) in [6.45, 7) is 0.546. The average molecular weight is 344 g/mol. The molecule has 3 rings (SSSR count). The maximum absolute atomic E-state index is 12.5. The number of oxime groups is 1. The normalized spacial score (nSPS) is 15.1. The largest absolute Gasteiger partial charge is 0.496 e. The SMILES string of the molecule is COc1ccccc1CCNC(=O)c1csc2c1CCC/C2=N/O. The number of fused-ring (bicyclic) bond motifs is 1. The van der Waals surface area contributed by atoms with Crippen molar-refractivity contribution in [3.05, 3.63) is 51.2 Å². The van der Waals surface area contributed by atoms with Gasteiger partial charge in [-0.25, -0.2) is 0 Å². The molecule has 2 N–H and O–H groups in total. The first-order chi connectivity index (χ1) is 11.7. The molecule has 0 radical (unpaired) electrons. The summed E-state index contributed by atoms with van der Waals surface area (Å²) in [6.07, 6.45) is 3.24. The molecule has 1 aromatic carbocycles. The van der Waals surface area contributed by atoms with Gasteiger partial charge in [-0.1, -0.05) is 23.4 Å². The van der Waals surface area contributed by atoms with Gasteiger partial charge in [0.05, 0.1) is 23.3 Å². The van der Waals surface area contributed by atoms with Crippen molar-refractivity contribution in [2.75, 3.05) is 13.7 Å². The topological polar surface area (TPSA) is 70.9 Å². The number of carbonyl (C=O) groups excluding carboxylic acids is 1. The fourth-order valence-corrected chi connectivity index (χ4v) is 4.14. The molecule has 1 aromatic heterocycles. The summed E-state index contributed by atoms with van der Waals surface area (Å²) in [5, 5.41) is 17.3. The first-order valence-electron chi connectivity index (χ1n) is 7.96. The highest BCUT2D eigenvalue weighted by atomic mass is 32.1. The molecule has 0 unspecified atom stereocenters. The Hall–Kier alpha value is -2.34. The second-order valence-electron chi connectivity index (χ2n) is 5.68. The molecule has 1 aliphatic carbocycles. The Morgan fingerprint density at radius 1 is 1.38 bits per heavy atom. The van der Waals surface area contributed by atoms with Gasteiger partial charge in [0.2, 0.25) is 0 Å². The number of carbonyl (C=O) groups is 1. The lowest BCUT2D eigenvalue weighted by molar-refractivity contribution is 0.0953. The van der Waals surface area contributed by atoms with Crippen molar-refractivity contribution < 1.29 is 14.7 Å². The van der Waals surface area contributed by atoms with Crippen LogP contribution in [0.15, 0.2) is 34.8 Å². The van der Waals surface area contributed by atoms with Crippen molar-refractivity contribution in [2.45, 2.75) is 25.7 Å². The van der Waals surface area contributed by atoms with Gasteiger partial charge in [0.1, 0.15) is 5.75 Å². The number of ether oxygens (including phenoxy) is 1. The van der Waals surface area contributed by atoms with E-state index in [4.69, 9.17) is 9.94 Å².